The molecular weight excluding hydrogens is 280 g/mol. The zero-order valence-electron chi connectivity index (χ0n) is 11.9. The van der Waals surface area contributed by atoms with E-state index in [1.807, 2.05) is 0 Å². The molecule has 2 heterocycles. The second-order valence-corrected chi connectivity index (χ2v) is 7.59. The molecule has 0 aromatic rings. The zero-order chi connectivity index (χ0) is 14.8. The number of hydrogen-bond acceptors (Lipinski definition) is 4. The van der Waals surface area contributed by atoms with E-state index in [0.29, 0.717) is 39.0 Å². The molecule has 0 radical (unpaired) electrons. The number of sulfonamides is 1. The monoisotopic (exact) mass is 302 g/mol. The summed E-state index contributed by atoms with van der Waals surface area (Å²) in [6, 6.07) is 0. The number of ether oxygens (including phenoxy) is 1. The first-order chi connectivity index (χ1) is 9.42. The number of piperidine rings is 1. The highest BCUT2D eigenvalue weighted by atomic mass is 32.2. The van der Waals surface area contributed by atoms with Gasteiger partial charge in [0.05, 0.1) is 17.9 Å². The Kier molecular flexibility index (Phi) is 4.51. The van der Waals surface area contributed by atoms with Crippen molar-refractivity contribution in [3.05, 3.63) is 12.7 Å². The van der Waals surface area contributed by atoms with E-state index in [0.717, 1.165) is 0 Å². The summed E-state index contributed by atoms with van der Waals surface area (Å²) in [5.74, 6) is 0.0983. The van der Waals surface area contributed by atoms with Crippen molar-refractivity contribution in [3.63, 3.8) is 0 Å². The van der Waals surface area contributed by atoms with Gasteiger partial charge in [-0.3, -0.25) is 4.79 Å². The van der Waals surface area contributed by atoms with E-state index in [-0.39, 0.29) is 18.3 Å². The van der Waals surface area contributed by atoms with Crippen molar-refractivity contribution in [3.8, 4) is 0 Å². The second kappa shape index (κ2) is 5.83. The van der Waals surface area contributed by atoms with Gasteiger partial charge in [0.2, 0.25) is 15.9 Å². The molecule has 2 saturated heterocycles. The maximum atomic E-state index is 11.9. The molecular formula is C13H22N2O4S. The first-order valence-corrected chi connectivity index (χ1v) is 8.54. The van der Waals surface area contributed by atoms with Gasteiger partial charge in [-0.05, 0) is 19.8 Å². The highest BCUT2D eigenvalue weighted by molar-refractivity contribution is 7.89. The number of hydrogen-bond donors (Lipinski definition) is 0. The summed E-state index contributed by atoms with van der Waals surface area (Å²) >= 11 is 0. The van der Waals surface area contributed by atoms with Crippen LogP contribution in [0.15, 0.2) is 12.7 Å². The van der Waals surface area contributed by atoms with Crippen LogP contribution in [0.5, 0.6) is 0 Å². The topological polar surface area (TPSA) is 66.9 Å². The molecule has 2 rings (SSSR count). The van der Waals surface area contributed by atoms with E-state index in [9.17, 15) is 13.2 Å². The number of carbonyl (C=O) groups excluding carboxylic acids is 1. The fraction of sp³-hybridized carbons (Fsp3) is 0.769. The van der Waals surface area contributed by atoms with Crippen LogP contribution < -0.4 is 0 Å². The van der Waals surface area contributed by atoms with Crippen LogP contribution in [0.25, 0.3) is 0 Å². The Morgan fingerprint density at radius 1 is 1.40 bits per heavy atom. The normalized spacial score (nSPS) is 24.1. The first kappa shape index (κ1) is 15.5. The maximum Gasteiger partial charge on any atom is 0.248 e. The second-order valence-electron chi connectivity index (χ2n) is 5.33. The highest BCUT2D eigenvalue weighted by Gasteiger charge is 2.43. The van der Waals surface area contributed by atoms with Crippen LogP contribution in [0, 0.1) is 0 Å². The molecule has 2 aliphatic heterocycles. The van der Waals surface area contributed by atoms with E-state index in [2.05, 4.69) is 6.58 Å². The van der Waals surface area contributed by atoms with Crippen LogP contribution in [0.1, 0.15) is 19.8 Å². The van der Waals surface area contributed by atoms with Gasteiger partial charge in [-0.25, -0.2) is 12.7 Å². The SMILES string of the molecule is C=CCN1CC2(CCN(S(=O)(=O)CC)CC2)OCC1=O. The minimum Gasteiger partial charge on any atom is -0.363 e. The zero-order valence-corrected chi connectivity index (χ0v) is 12.7. The van der Waals surface area contributed by atoms with Crippen molar-refractivity contribution in [1.82, 2.24) is 9.21 Å². The summed E-state index contributed by atoms with van der Waals surface area (Å²) in [5.41, 5.74) is -0.392. The molecule has 0 saturated carbocycles. The predicted octanol–water partition coefficient (Wildman–Crippen LogP) is 0.215. The Labute approximate surface area is 120 Å². The van der Waals surface area contributed by atoms with Crippen LogP contribution in [0.3, 0.4) is 0 Å². The van der Waals surface area contributed by atoms with Crippen LogP contribution >= 0.6 is 0 Å². The standard InChI is InChI=1S/C13H22N2O4S/c1-3-7-14-11-13(19-10-12(14)16)5-8-15(9-6-13)20(17,18)4-2/h3H,1,4-11H2,2H3. The molecule has 6 nitrogen and oxygen atoms in total. The number of nitrogens with zero attached hydrogens (tertiary/aromatic N) is 2. The molecule has 0 aromatic heterocycles. The summed E-state index contributed by atoms with van der Waals surface area (Å²) in [7, 11) is -3.13. The predicted molar refractivity (Wildman–Crippen MR) is 75.7 cm³/mol. The molecule has 0 atom stereocenters. The molecule has 2 fully saturated rings. The molecule has 0 aliphatic carbocycles. The number of amides is 1. The van der Waals surface area contributed by atoms with Crippen LogP contribution in [-0.4, -0.2) is 67.7 Å². The molecule has 0 N–H and O–H groups in total. The van der Waals surface area contributed by atoms with Gasteiger partial charge in [-0.1, -0.05) is 6.08 Å². The van der Waals surface area contributed by atoms with Crippen LogP contribution in [0.4, 0.5) is 0 Å². The number of carbonyl (C=O) groups is 1. The van der Waals surface area contributed by atoms with Crippen LogP contribution in [0.2, 0.25) is 0 Å². The fourth-order valence-corrected chi connectivity index (χ4v) is 3.87. The lowest BCUT2D eigenvalue weighted by molar-refractivity contribution is -0.168. The largest absolute Gasteiger partial charge is 0.363 e. The Balaban J connectivity index is 2.01. The van der Waals surface area contributed by atoms with Crippen molar-refractivity contribution in [2.24, 2.45) is 0 Å². The van der Waals surface area contributed by atoms with Crippen molar-refractivity contribution >= 4 is 15.9 Å². The number of rotatable bonds is 4. The molecule has 0 aromatic carbocycles. The average Bonchev–Trinajstić information content (AvgIpc) is 2.44. The molecule has 1 spiro atoms. The highest BCUT2D eigenvalue weighted by Crippen LogP contribution is 2.31. The maximum absolute atomic E-state index is 11.9. The molecule has 114 valence electrons. The molecule has 0 unspecified atom stereocenters. The smallest absolute Gasteiger partial charge is 0.248 e. The van der Waals surface area contributed by atoms with Crippen LogP contribution in [-0.2, 0) is 19.6 Å². The third-order valence-electron chi connectivity index (χ3n) is 4.07. The molecule has 1 amide bonds. The summed E-state index contributed by atoms with van der Waals surface area (Å²) in [6.07, 6.45) is 2.97. The lowest BCUT2D eigenvalue weighted by Crippen LogP contribution is -2.59. The van der Waals surface area contributed by atoms with Gasteiger partial charge in [-0.2, -0.15) is 0 Å². The lowest BCUT2D eigenvalue weighted by atomic mass is 9.90. The lowest BCUT2D eigenvalue weighted by Gasteiger charge is -2.46. The van der Waals surface area contributed by atoms with Gasteiger partial charge in [0.25, 0.3) is 0 Å². The molecule has 20 heavy (non-hydrogen) atoms. The van der Waals surface area contributed by atoms with Crippen molar-refractivity contribution in [1.29, 1.82) is 0 Å². The van der Waals surface area contributed by atoms with Gasteiger partial charge in [0.15, 0.2) is 0 Å². The quantitative estimate of drug-likeness (QED) is 0.697. The van der Waals surface area contributed by atoms with Gasteiger partial charge in [0.1, 0.15) is 6.61 Å². The Morgan fingerprint density at radius 2 is 2.05 bits per heavy atom. The minimum atomic E-state index is -3.13. The average molecular weight is 302 g/mol. The van der Waals surface area contributed by atoms with E-state index in [4.69, 9.17) is 4.74 Å². The third-order valence-corrected chi connectivity index (χ3v) is 5.96. The van der Waals surface area contributed by atoms with Gasteiger partial charge in [-0.15, -0.1) is 6.58 Å². The van der Waals surface area contributed by atoms with E-state index in [1.54, 1.807) is 17.9 Å². The van der Waals surface area contributed by atoms with Gasteiger partial charge >= 0.3 is 0 Å². The van der Waals surface area contributed by atoms with Gasteiger partial charge < -0.3 is 9.64 Å². The minimum absolute atomic E-state index is 0.0286. The molecule has 7 heteroatoms. The number of morpholine rings is 1. The Bertz CT molecular complexity index is 481. The fourth-order valence-electron chi connectivity index (χ4n) is 2.77. The Hall–Kier alpha value is -0.920. The molecule has 0 bridgehead atoms. The summed E-state index contributed by atoms with van der Waals surface area (Å²) < 4.78 is 31.0. The van der Waals surface area contributed by atoms with Gasteiger partial charge in [0, 0.05) is 19.6 Å². The molecule has 2 aliphatic rings. The first-order valence-electron chi connectivity index (χ1n) is 6.93. The van der Waals surface area contributed by atoms with Crippen molar-refractivity contribution < 1.29 is 17.9 Å². The summed E-state index contributed by atoms with van der Waals surface area (Å²) in [6.45, 7) is 7.36. The third kappa shape index (κ3) is 3.05. The summed E-state index contributed by atoms with van der Waals surface area (Å²) in [5, 5.41) is 0. The Morgan fingerprint density at radius 3 is 2.60 bits per heavy atom. The van der Waals surface area contributed by atoms with Crippen molar-refractivity contribution in [2.45, 2.75) is 25.4 Å². The van der Waals surface area contributed by atoms with E-state index in [1.165, 1.54) is 4.31 Å². The van der Waals surface area contributed by atoms with E-state index >= 15 is 0 Å². The summed E-state index contributed by atoms with van der Waals surface area (Å²) in [4.78, 5) is 13.5. The van der Waals surface area contributed by atoms with E-state index < -0.39 is 15.6 Å². The van der Waals surface area contributed by atoms with Crippen molar-refractivity contribution in [2.75, 3.05) is 38.5 Å².